The van der Waals surface area contributed by atoms with Crippen LogP contribution in [0.5, 0.6) is 0 Å². The van der Waals surface area contributed by atoms with E-state index in [9.17, 15) is 9.59 Å². The summed E-state index contributed by atoms with van der Waals surface area (Å²) in [5.41, 5.74) is -0.401. The molecular formula is C8H11NO5. The molecule has 0 bridgehead atoms. The van der Waals surface area contributed by atoms with E-state index in [1.165, 1.54) is 6.08 Å². The van der Waals surface area contributed by atoms with E-state index < -0.39 is 17.8 Å². The highest BCUT2D eigenvalue weighted by molar-refractivity contribution is 5.91. The number of hydrogen-bond donors (Lipinski definition) is 2. The summed E-state index contributed by atoms with van der Waals surface area (Å²) < 4.78 is 8.74. The Morgan fingerprint density at radius 1 is 1.57 bits per heavy atom. The van der Waals surface area contributed by atoms with E-state index >= 15 is 0 Å². The second-order valence-electron chi connectivity index (χ2n) is 2.05. The molecule has 0 fully saturated rings. The summed E-state index contributed by atoms with van der Waals surface area (Å²) in [6.45, 7) is 3.33. The van der Waals surface area contributed by atoms with Gasteiger partial charge in [-0.15, -0.1) is 0 Å². The smallest absolute Gasteiger partial charge is 0.412 e. The number of alkyl carbamates (subject to hydrolysis) is 1. The van der Waals surface area contributed by atoms with Crippen molar-refractivity contribution in [3.05, 3.63) is 24.6 Å². The van der Waals surface area contributed by atoms with E-state index in [0.717, 1.165) is 7.11 Å². The standard InChI is InChI=1S/C8H11NO5/c1-3-4-14-8(12)9-6(5-10)7(11)13-2/h3,5,10H,1,4H2,2H3,(H,9,12)/b6-5+. The van der Waals surface area contributed by atoms with Gasteiger partial charge in [-0.05, 0) is 0 Å². The fourth-order valence-electron chi connectivity index (χ4n) is 0.527. The average molecular weight is 201 g/mol. The Morgan fingerprint density at radius 2 is 2.21 bits per heavy atom. The molecule has 0 atom stereocenters. The maximum absolute atomic E-state index is 10.9. The molecule has 1 amide bonds. The molecule has 0 aromatic rings. The van der Waals surface area contributed by atoms with Gasteiger partial charge in [-0.1, -0.05) is 12.7 Å². The van der Waals surface area contributed by atoms with E-state index in [1.807, 2.05) is 5.32 Å². The van der Waals surface area contributed by atoms with Crippen LogP contribution in [0.1, 0.15) is 0 Å². The monoisotopic (exact) mass is 201 g/mol. The molecule has 0 aromatic carbocycles. The second-order valence-corrected chi connectivity index (χ2v) is 2.05. The van der Waals surface area contributed by atoms with Crippen LogP contribution in [0.25, 0.3) is 0 Å². The molecule has 6 nitrogen and oxygen atoms in total. The van der Waals surface area contributed by atoms with Gasteiger partial charge in [0.25, 0.3) is 0 Å². The molecule has 0 rings (SSSR count). The van der Waals surface area contributed by atoms with E-state index in [2.05, 4.69) is 16.1 Å². The summed E-state index contributed by atoms with van der Waals surface area (Å²) in [5.74, 6) is -0.872. The van der Waals surface area contributed by atoms with Crippen molar-refractivity contribution in [3.63, 3.8) is 0 Å². The minimum atomic E-state index is -0.879. The van der Waals surface area contributed by atoms with E-state index in [4.69, 9.17) is 5.11 Å². The number of ether oxygens (including phenoxy) is 2. The number of amides is 1. The van der Waals surface area contributed by atoms with E-state index in [-0.39, 0.29) is 6.61 Å². The largest absolute Gasteiger partial charge is 0.513 e. The lowest BCUT2D eigenvalue weighted by Crippen LogP contribution is -2.28. The van der Waals surface area contributed by atoms with Crippen molar-refractivity contribution in [2.75, 3.05) is 13.7 Å². The first-order valence-electron chi connectivity index (χ1n) is 3.63. The molecule has 0 aromatic heterocycles. The Bertz CT molecular complexity index is 258. The highest BCUT2D eigenvalue weighted by Gasteiger charge is 2.13. The number of hydrogen-bond acceptors (Lipinski definition) is 5. The third-order valence-corrected chi connectivity index (χ3v) is 1.10. The second kappa shape index (κ2) is 6.53. The van der Waals surface area contributed by atoms with Crippen LogP contribution in [-0.4, -0.2) is 30.9 Å². The van der Waals surface area contributed by atoms with Crippen LogP contribution in [0.15, 0.2) is 24.6 Å². The fraction of sp³-hybridized carbons (Fsp3) is 0.250. The van der Waals surface area contributed by atoms with Gasteiger partial charge in [0.2, 0.25) is 0 Å². The molecule has 0 saturated heterocycles. The summed E-state index contributed by atoms with van der Waals surface area (Å²) in [6, 6.07) is 0. The van der Waals surface area contributed by atoms with Crippen molar-refractivity contribution in [3.8, 4) is 0 Å². The van der Waals surface area contributed by atoms with Crippen LogP contribution < -0.4 is 5.32 Å². The van der Waals surface area contributed by atoms with Crippen LogP contribution in [-0.2, 0) is 14.3 Å². The topological polar surface area (TPSA) is 84.9 Å². The van der Waals surface area contributed by atoms with Gasteiger partial charge in [0.15, 0.2) is 5.70 Å². The Morgan fingerprint density at radius 3 is 2.64 bits per heavy atom. The van der Waals surface area contributed by atoms with Gasteiger partial charge in [0, 0.05) is 0 Å². The predicted octanol–water partition coefficient (Wildman–Crippen LogP) is 0.471. The van der Waals surface area contributed by atoms with Gasteiger partial charge in [-0.25, -0.2) is 9.59 Å². The summed E-state index contributed by atoms with van der Waals surface area (Å²) in [6.07, 6.45) is 0.900. The average Bonchev–Trinajstić information content (AvgIpc) is 2.21. The normalized spacial score (nSPS) is 10.2. The summed E-state index contributed by atoms with van der Waals surface area (Å²) in [4.78, 5) is 21.7. The van der Waals surface area contributed by atoms with Crippen molar-refractivity contribution >= 4 is 12.1 Å². The molecule has 0 saturated carbocycles. The number of esters is 1. The molecule has 0 aliphatic rings. The summed E-state index contributed by atoms with van der Waals surface area (Å²) in [7, 11) is 1.11. The van der Waals surface area contributed by atoms with E-state index in [1.54, 1.807) is 0 Å². The predicted molar refractivity (Wildman–Crippen MR) is 47.4 cm³/mol. The third kappa shape index (κ3) is 4.15. The maximum atomic E-state index is 10.9. The fourth-order valence-corrected chi connectivity index (χ4v) is 0.527. The number of carbonyl (C=O) groups excluding carboxylic acids is 2. The van der Waals surface area contributed by atoms with Crippen molar-refractivity contribution in [1.29, 1.82) is 0 Å². The molecule has 0 heterocycles. The van der Waals surface area contributed by atoms with Crippen LogP contribution in [0.4, 0.5) is 4.79 Å². The SMILES string of the molecule is C=CCOC(=O)N/C(=C/O)C(=O)OC. The Hall–Kier alpha value is -1.98. The number of aliphatic hydroxyl groups excluding tert-OH is 1. The molecule has 6 heteroatoms. The number of rotatable bonds is 4. The minimum Gasteiger partial charge on any atom is -0.513 e. The Balaban J connectivity index is 4.13. The van der Waals surface area contributed by atoms with Crippen molar-refractivity contribution in [1.82, 2.24) is 5.32 Å². The lowest BCUT2D eigenvalue weighted by Gasteiger charge is -2.05. The van der Waals surface area contributed by atoms with Gasteiger partial charge in [0.05, 0.1) is 7.11 Å². The molecule has 0 unspecified atom stereocenters. The summed E-state index contributed by atoms with van der Waals surface area (Å²) >= 11 is 0. The molecule has 0 radical (unpaired) electrons. The number of aliphatic hydroxyl groups is 1. The lowest BCUT2D eigenvalue weighted by molar-refractivity contribution is -0.136. The van der Waals surface area contributed by atoms with Gasteiger partial charge in [-0.3, -0.25) is 5.32 Å². The van der Waals surface area contributed by atoms with Crippen LogP contribution in [0.3, 0.4) is 0 Å². The highest BCUT2D eigenvalue weighted by Crippen LogP contribution is 1.92. The van der Waals surface area contributed by atoms with E-state index in [0.29, 0.717) is 6.26 Å². The molecular weight excluding hydrogens is 190 g/mol. The first-order chi connectivity index (χ1) is 6.65. The van der Waals surface area contributed by atoms with Crippen molar-refractivity contribution in [2.24, 2.45) is 0 Å². The highest BCUT2D eigenvalue weighted by atomic mass is 16.6. The van der Waals surface area contributed by atoms with Crippen LogP contribution in [0, 0.1) is 0 Å². The maximum Gasteiger partial charge on any atom is 0.412 e. The quantitative estimate of drug-likeness (QED) is 0.299. The minimum absolute atomic E-state index is 0.00567. The van der Waals surface area contributed by atoms with Gasteiger partial charge >= 0.3 is 12.1 Å². The molecule has 0 spiro atoms. The van der Waals surface area contributed by atoms with Gasteiger partial charge in [0.1, 0.15) is 12.9 Å². The van der Waals surface area contributed by atoms with Crippen LogP contribution >= 0.6 is 0 Å². The lowest BCUT2D eigenvalue weighted by atomic mass is 10.5. The molecule has 2 N–H and O–H groups in total. The first kappa shape index (κ1) is 12.0. The molecule has 0 aliphatic carbocycles. The van der Waals surface area contributed by atoms with Crippen LogP contribution in [0.2, 0.25) is 0 Å². The zero-order valence-corrected chi connectivity index (χ0v) is 7.65. The number of carbonyl (C=O) groups is 2. The zero-order chi connectivity index (χ0) is 11.0. The third-order valence-electron chi connectivity index (χ3n) is 1.10. The zero-order valence-electron chi connectivity index (χ0n) is 7.65. The molecule has 0 aliphatic heterocycles. The summed E-state index contributed by atoms with van der Waals surface area (Å²) in [5, 5.41) is 10.5. The number of nitrogens with one attached hydrogen (secondary N) is 1. The Labute approximate surface area is 80.8 Å². The first-order valence-corrected chi connectivity index (χ1v) is 3.63. The number of methoxy groups -OCH3 is 1. The molecule has 78 valence electrons. The molecule has 14 heavy (non-hydrogen) atoms. The van der Waals surface area contributed by atoms with Crippen molar-refractivity contribution < 1.29 is 24.2 Å². The van der Waals surface area contributed by atoms with Gasteiger partial charge in [-0.2, -0.15) is 0 Å². The van der Waals surface area contributed by atoms with Gasteiger partial charge < -0.3 is 14.6 Å². The Kier molecular flexibility index (Phi) is 5.60. The van der Waals surface area contributed by atoms with Crippen molar-refractivity contribution in [2.45, 2.75) is 0 Å².